The molecule has 10 aliphatic rings. The molecule has 1 spiro atoms. The number of hydrogen-bond acceptors (Lipinski definition) is 0. The zero-order valence-electron chi connectivity index (χ0n) is 7.13. The van der Waals surface area contributed by atoms with Crippen molar-refractivity contribution >= 4 is 8.25 Å². The van der Waals surface area contributed by atoms with Crippen LogP contribution in [0, 0.1) is 0 Å². The van der Waals surface area contributed by atoms with E-state index < -0.39 is 29.8 Å². The summed E-state index contributed by atoms with van der Waals surface area (Å²) in [7, 11) is 6.67. The van der Waals surface area contributed by atoms with Gasteiger partial charge in [-0.25, -0.2) is 0 Å². The van der Waals surface area contributed by atoms with Crippen molar-refractivity contribution in [2.24, 2.45) is 0 Å². The van der Waals surface area contributed by atoms with E-state index in [1.165, 1.54) is 45.2 Å². The van der Waals surface area contributed by atoms with Gasteiger partial charge in [0, 0.05) is 0 Å². The summed E-state index contributed by atoms with van der Waals surface area (Å²) in [6, 6.07) is 0. The van der Waals surface area contributed by atoms with Crippen LogP contribution in [0.5, 0.6) is 0 Å². The Morgan fingerprint density at radius 2 is 1.31 bits per heavy atom. The van der Waals surface area contributed by atoms with E-state index in [1.54, 1.807) is 0 Å². The Morgan fingerprint density at radius 3 is 1.38 bits per heavy atom. The van der Waals surface area contributed by atoms with Gasteiger partial charge in [-0.2, -0.15) is 0 Å². The Kier molecular flexibility index (Phi) is 0.130. The third-order valence-corrected chi connectivity index (χ3v) is 94.2. The summed E-state index contributed by atoms with van der Waals surface area (Å²) in [5.74, 6) is 0. The summed E-state index contributed by atoms with van der Waals surface area (Å²) < 4.78 is 1.22. The van der Waals surface area contributed by atoms with Gasteiger partial charge in [0.25, 0.3) is 0 Å². The Balaban J connectivity index is 2.08. The topological polar surface area (TPSA) is 0 Å². The number of hydrogen-bond donors (Lipinski definition) is 0. The summed E-state index contributed by atoms with van der Waals surface area (Å²) in [6.45, 7) is -2.54. The van der Waals surface area contributed by atoms with Gasteiger partial charge in [-0.05, 0) is 0 Å². The number of fused-ring (bicyclic) bond motifs is 10. The number of rotatable bonds is 1. The van der Waals surface area contributed by atoms with Crippen molar-refractivity contribution in [1.29, 1.82) is 0 Å². The fourth-order valence-corrected chi connectivity index (χ4v) is 174. The van der Waals surface area contributed by atoms with Crippen LogP contribution in [0.15, 0.2) is 0 Å². The summed E-state index contributed by atoms with van der Waals surface area (Å²) in [5, 5.41) is 0. The van der Waals surface area contributed by atoms with Gasteiger partial charge in [-0.15, -0.1) is 0 Å². The molecule has 4 atom stereocenters. The average Bonchev–Trinajstić information content (AvgIpc) is 3.12. The predicted molar refractivity (Wildman–Crippen MR) is 42.3 cm³/mol. The van der Waals surface area contributed by atoms with Crippen molar-refractivity contribution < 1.29 is 29.8 Å². The molecule has 0 nitrogen and oxygen atoms in total. The molecular formula is C10H9ClFeHg. The van der Waals surface area contributed by atoms with E-state index in [0.717, 1.165) is 0 Å². The van der Waals surface area contributed by atoms with Gasteiger partial charge in [-0.1, -0.05) is 0 Å². The Bertz CT molecular complexity index is 775. The molecule has 66 valence electrons. The monoisotopic (exact) mass is 422 g/mol. The maximum atomic E-state index is 6.67. The zero-order chi connectivity index (χ0) is 7.72. The Hall–Kier alpha value is 1.74. The third-order valence-electron chi connectivity index (χ3n) is 15.2. The van der Waals surface area contributed by atoms with Gasteiger partial charge < -0.3 is 0 Å². The molecule has 10 rings (SSSR count). The molecule has 0 aromatic heterocycles. The van der Waals surface area contributed by atoms with E-state index in [2.05, 4.69) is 0 Å². The normalized spacial score (nSPS) is 152. The van der Waals surface area contributed by atoms with Crippen molar-refractivity contribution in [3.8, 4) is 0 Å². The molecule has 0 N–H and O–H groups in total. The van der Waals surface area contributed by atoms with Crippen molar-refractivity contribution in [1.82, 2.24) is 0 Å². The van der Waals surface area contributed by atoms with E-state index >= 15 is 0 Å². The zero-order valence-corrected chi connectivity index (χ0v) is 14.5. The van der Waals surface area contributed by atoms with Crippen LogP contribution in [0.25, 0.3) is 0 Å². The Morgan fingerprint density at radius 1 is 0.846 bits per heavy atom. The van der Waals surface area contributed by atoms with E-state index in [0.29, 0.717) is 0 Å². The minimum atomic E-state index is -2.54. The molecule has 0 aromatic rings. The van der Waals surface area contributed by atoms with Crippen LogP contribution in [0.4, 0.5) is 0 Å². The molecule has 0 aromatic carbocycles. The first-order valence-corrected chi connectivity index (χ1v) is 21.7. The van der Waals surface area contributed by atoms with Crippen molar-refractivity contribution in [3.05, 3.63) is 0 Å². The molecule has 0 aliphatic carbocycles. The van der Waals surface area contributed by atoms with E-state index in [9.17, 15) is 0 Å². The summed E-state index contributed by atoms with van der Waals surface area (Å²) in [4.78, 5) is 13.8. The van der Waals surface area contributed by atoms with Gasteiger partial charge in [0.05, 0.1) is 0 Å². The quantitative estimate of drug-likeness (QED) is 0.563. The fraction of sp³-hybridized carbons (Fsp3) is 1.00. The molecule has 10 saturated heterocycles. The first-order valence-electron chi connectivity index (χ1n) is 5.88. The van der Waals surface area contributed by atoms with Crippen molar-refractivity contribution in [2.75, 3.05) is 0 Å². The standard InChI is InChI=1S/C5H5.C5H4.ClH.Fe.Hg/c2*1-2-4-5-3-1;;;/h1-5H;1-4H;1H;;/q;;;;+1/p-1. The van der Waals surface area contributed by atoms with Crippen LogP contribution < -0.4 is 0 Å². The van der Waals surface area contributed by atoms with Crippen LogP contribution >= 0.6 is 8.25 Å². The molecule has 0 amide bonds. The molecule has 10 heterocycles. The first kappa shape index (κ1) is 4.94. The summed E-state index contributed by atoms with van der Waals surface area (Å²) in [6.07, 6.45) is 0. The molecule has 13 heavy (non-hydrogen) atoms. The van der Waals surface area contributed by atoms with Gasteiger partial charge in [-0.3, -0.25) is 0 Å². The maximum absolute atomic E-state index is 6.67. The van der Waals surface area contributed by atoms with Crippen LogP contribution in [-0.4, -0.2) is 0 Å². The second-order valence-corrected chi connectivity index (χ2v) is 44.2. The van der Waals surface area contributed by atoms with Gasteiger partial charge >= 0.3 is 83.3 Å². The predicted octanol–water partition coefficient (Wildman–Crippen LogP) is 3.94. The van der Waals surface area contributed by atoms with Crippen molar-refractivity contribution in [2.45, 2.75) is 45.2 Å². The third kappa shape index (κ3) is 0.0400. The molecule has 10 aliphatic heterocycles. The van der Waals surface area contributed by atoms with Gasteiger partial charge in [0.15, 0.2) is 0 Å². The summed E-state index contributed by atoms with van der Waals surface area (Å²) >= 11 is -0.866. The molecule has 0 radical (unpaired) electrons. The average molecular weight is 421 g/mol. The molecule has 0 bridgehead atoms. The second kappa shape index (κ2) is 0.342. The first-order chi connectivity index (χ1) is 6.11. The van der Waals surface area contributed by atoms with Crippen molar-refractivity contribution in [3.63, 3.8) is 0 Å². The summed E-state index contributed by atoms with van der Waals surface area (Å²) in [5.41, 5.74) is 0. The molecule has 0 saturated carbocycles. The Labute approximate surface area is 82.3 Å². The molecule has 3 heteroatoms. The van der Waals surface area contributed by atoms with E-state index in [-0.39, 0.29) is 0 Å². The van der Waals surface area contributed by atoms with Gasteiger partial charge in [0.1, 0.15) is 0 Å². The second-order valence-electron chi connectivity index (χ2n) is 9.97. The molecule has 4 unspecified atom stereocenters. The van der Waals surface area contributed by atoms with Gasteiger partial charge in [0.2, 0.25) is 0 Å². The van der Waals surface area contributed by atoms with Crippen LogP contribution in [0.2, 0.25) is 45.2 Å². The number of halogens is 1. The fourth-order valence-electron chi connectivity index (χ4n) is 17.0. The van der Waals surface area contributed by atoms with E-state index in [1.807, 2.05) is 0 Å². The SMILES string of the molecule is [Cl][Hg][C]12[CH]3[CH]4[CH]5[CH]1[Fe]45321678[CH]2[CH]1[CH]6[CH]7[CH]28. The minimum absolute atomic E-state index is 0.866. The van der Waals surface area contributed by atoms with Crippen LogP contribution in [0.3, 0.4) is 0 Å². The van der Waals surface area contributed by atoms with E-state index in [4.69, 9.17) is 8.25 Å². The van der Waals surface area contributed by atoms with Crippen LogP contribution in [0.1, 0.15) is 0 Å². The van der Waals surface area contributed by atoms with Crippen LogP contribution in [-0.2, 0) is 29.8 Å². The molecular weight excluding hydrogens is 412 g/mol. The molecule has 10 fully saturated rings.